The van der Waals surface area contributed by atoms with Gasteiger partial charge in [-0.05, 0) is 24.3 Å². The van der Waals surface area contributed by atoms with Crippen molar-refractivity contribution in [2.24, 2.45) is 5.92 Å². The van der Waals surface area contributed by atoms with Gasteiger partial charge < -0.3 is 4.74 Å². The lowest BCUT2D eigenvalue weighted by Crippen LogP contribution is -2.16. The molecule has 2 heteroatoms. The van der Waals surface area contributed by atoms with Crippen molar-refractivity contribution >= 4 is 5.97 Å². The third-order valence-electron chi connectivity index (χ3n) is 3.58. The standard InChI is InChI=1S/C18H28O2/c1-3-5-7-13-17(10-4-2)15-20-18(19)14-16-11-8-6-9-12-16/h6,8-9,11-12,17H,3-5,7,10,13-15H2,1-2H3/t17-/m0/s1. The number of ether oxygens (including phenoxy) is 1. The first-order valence-electron chi connectivity index (χ1n) is 7.95. The smallest absolute Gasteiger partial charge is 0.310 e. The summed E-state index contributed by atoms with van der Waals surface area (Å²) in [7, 11) is 0. The van der Waals surface area contributed by atoms with Gasteiger partial charge in [0.2, 0.25) is 0 Å². The van der Waals surface area contributed by atoms with Gasteiger partial charge in [0.15, 0.2) is 0 Å². The number of unbranched alkanes of at least 4 members (excludes halogenated alkanes) is 2. The van der Waals surface area contributed by atoms with Crippen molar-refractivity contribution in [2.45, 2.75) is 58.8 Å². The molecule has 20 heavy (non-hydrogen) atoms. The van der Waals surface area contributed by atoms with E-state index in [-0.39, 0.29) is 5.97 Å². The Morgan fingerprint density at radius 2 is 1.80 bits per heavy atom. The zero-order chi connectivity index (χ0) is 14.6. The minimum atomic E-state index is -0.104. The molecule has 0 bridgehead atoms. The molecule has 1 aromatic rings. The fraction of sp³-hybridized carbons (Fsp3) is 0.611. The Morgan fingerprint density at radius 3 is 2.45 bits per heavy atom. The Balaban J connectivity index is 2.28. The molecule has 0 saturated heterocycles. The molecule has 0 N–H and O–H groups in total. The third kappa shape index (κ3) is 7.32. The average molecular weight is 276 g/mol. The summed E-state index contributed by atoms with van der Waals surface area (Å²) in [5.74, 6) is 0.430. The van der Waals surface area contributed by atoms with Crippen LogP contribution in [0.15, 0.2) is 30.3 Å². The van der Waals surface area contributed by atoms with Crippen molar-refractivity contribution in [1.82, 2.24) is 0 Å². The van der Waals surface area contributed by atoms with Gasteiger partial charge in [-0.25, -0.2) is 0 Å². The molecule has 0 aliphatic heterocycles. The van der Waals surface area contributed by atoms with Crippen LogP contribution in [0.2, 0.25) is 0 Å². The number of hydrogen-bond donors (Lipinski definition) is 0. The van der Waals surface area contributed by atoms with Gasteiger partial charge in [0.1, 0.15) is 0 Å². The van der Waals surface area contributed by atoms with Crippen molar-refractivity contribution < 1.29 is 9.53 Å². The Bertz CT molecular complexity index is 359. The van der Waals surface area contributed by atoms with Gasteiger partial charge in [-0.2, -0.15) is 0 Å². The monoisotopic (exact) mass is 276 g/mol. The predicted octanol–water partition coefficient (Wildman–Crippen LogP) is 4.77. The first-order valence-corrected chi connectivity index (χ1v) is 7.95. The van der Waals surface area contributed by atoms with Crippen LogP contribution in [0.25, 0.3) is 0 Å². The maximum atomic E-state index is 11.8. The second-order valence-electron chi connectivity index (χ2n) is 5.50. The van der Waals surface area contributed by atoms with Crippen LogP contribution in [0.3, 0.4) is 0 Å². The first-order chi connectivity index (χ1) is 9.76. The van der Waals surface area contributed by atoms with Crippen LogP contribution >= 0.6 is 0 Å². The van der Waals surface area contributed by atoms with Crippen LogP contribution in [0.1, 0.15) is 57.9 Å². The van der Waals surface area contributed by atoms with E-state index in [1.807, 2.05) is 30.3 Å². The minimum Gasteiger partial charge on any atom is -0.465 e. The summed E-state index contributed by atoms with van der Waals surface area (Å²) in [5.41, 5.74) is 1.02. The molecule has 0 spiro atoms. The van der Waals surface area contributed by atoms with Crippen molar-refractivity contribution in [3.05, 3.63) is 35.9 Å². The first kappa shape index (κ1) is 16.7. The summed E-state index contributed by atoms with van der Waals surface area (Å²) < 4.78 is 5.45. The lowest BCUT2D eigenvalue weighted by molar-refractivity contribution is -0.144. The molecular weight excluding hydrogens is 248 g/mol. The summed E-state index contributed by atoms with van der Waals surface area (Å²) in [5, 5.41) is 0. The van der Waals surface area contributed by atoms with Crippen LogP contribution in [-0.2, 0) is 16.0 Å². The molecule has 0 unspecified atom stereocenters. The van der Waals surface area contributed by atoms with E-state index in [0.717, 1.165) is 18.4 Å². The van der Waals surface area contributed by atoms with Crippen LogP contribution < -0.4 is 0 Å². The van der Waals surface area contributed by atoms with Gasteiger partial charge in [-0.1, -0.05) is 69.9 Å². The minimum absolute atomic E-state index is 0.104. The molecular formula is C18H28O2. The van der Waals surface area contributed by atoms with Crippen LogP contribution in [0.5, 0.6) is 0 Å². The van der Waals surface area contributed by atoms with Gasteiger partial charge in [-0.15, -0.1) is 0 Å². The van der Waals surface area contributed by atoms with E-state index in [2.05, 4.69) is 13.8 Å². The highest BCUT2D eigenvalue weighted by Gasteiger charge is 2.11. The molecule has 1 rings (SSSR count). The van der Waals surface area contributed by atoms with E-state index in [0.29, 0.717) is 18.9 Å². The quantitative estimate of drug-likeness (QED) is 0.454. The summed E-state index contributed by atoms with van der Waals surface area (Å²) >= 11 is 0. The zero-order valence-electron chi connectivity index (χ0n) is 12.9. The molecule has 0 radical (unpaired) electrons. The fourth-order valence-electron chi connectivity index (χ4n) is 2.43. The van der Waals surface area contributed by atoms with E-state index in [4.69, 9.17) is 4.74 Å². The zero-order valence-corrected chi connectivity index (χ0v) is 12.9. The number of benzene rings is 1. The highest BCUT2D eigenvalue weighted by molar-refractivity contribution is 5.72. The van der Waals surface area contributed by atoms with E-state index in [1.165, 1.54) is 25.7 Å². The SMILES string of the molecule is CCCCC[C@H](CCC)COC(=O)Cc1ccccc1. The van der Waals surface area contributed by atoms with Crippen molar-refractivity contribution in [3.63, 3.8) is 0 Å². The van der Waals surface area contributed by atoms with Crippen LogP contribution in [0.4, 0.5) is 0 Å². The number of carbonyl (C=O) groups is 1. The van der Waals surface area contributed by atoms with E-state index >= 15 is 0 Å². The number of rotatable bonds is 10. The summed E-state index contributed by atoms with van der Waals surface area (Å²) in [4.78, 5) is 11.8. The maximum Gasteiger partial charge on any atom is 0.310 e. The molecule has 0 amide bonds. The maximum absolute atomic E-state index is 11.8. The van der Waals surface area contributed by atoms with Crippen LogP contribution in [0, 0.1) is 5.92 Å². The number of carbonyl (C=O) groups excluding carboxylic acids is 1. The van der Waals surface area contributed by atoms with Gasteiger partial charge in [0.05, 0.1) is 13.0 Å². The highest BCUT2D eigenvalue weighted by Crippen LogP contribution is 2.16. The third-order valence-corrected chi connectivity index (χ3v) is 3.58. The fourth-order valence-corrected chi connectivity index (χ4v) is 2.43. The average Bonchev–Trinajstić information content (AvgIpc) is 2.46. The summed E-state index contributed by atoms with van der Waals surface area (Å²) in [6.45, 7) is 5.00. The van der Waals surface area contributed by atoms with Gasteiger partial charge in [0.25, 0.3) is 0 Å². The van der Waals surface area contributed by atoms with E-state index in [9.17, 15) is 4.79 Å². The van der Waals surface area contributed by atoms with Gasteiger partial charge in [0, 0.05) is 0 Å². The second kappa shape index (κ2) is 10.5. The molecule has 0 fully saturated rings. The largest absolute Gasteiger partial charge is 0.465 e. The Morgan fingerprint density at radius 1 is 1.05 bits per heavy atom. The lowest BCUT2D eigenvalue weighted by Gasteiger charge is -2.16. The molecule has 0 aliphatic rings. The van der Waals surface area contributed by atoms with Crippen molar-refractivity contribution in [3.8, 4) is 0 Å². The van der Waals surface area contributed by atoms with Gasteiger partial charge in [-0.3, -0.25) is 4.79 Å². The highest BCUT2D eigenvalue weighted by atomic mass is 16.5. The molecule has 1 aromatic carbocycles. The van der Waals surface area contributed by atoms with Crippen molar-refractivity contribution in [2.75, 3.05) is 6.61 Å². The summed E-state index contributed by atoms with van der Waals surface area (Å²) in [6, 6.07) is 9.79. The molecule has 112 valence electrons. The lowest BCUT2D eigenvalue weighted by atomic mass is 9.97. The molecule has 0 aliphatic carbocycles. The summed E-state index contributed by atoms with van der Waals surface area (Å²) in [6.07, 6.45) is 7.65. The Kier molecular flexibility index (Phi) is 8.77. The normalized spacial score (nSPS) is 12.1. The van der Waals surface area contributed by atoms with Crippen molar-refractivity contribution in [1.29, 1.82) is 0 Å². The van der Waals surface area contributed by atoms with Gasteiger partial charge >= 0.3 is 5.97 Å². The number of esters is 1. The van der Waals surface area contributed by atoms with E-state index < -0.39 is 0 Å². The Hall–Kier alpha value is -1.31. The number of hydrogen-bond acceptors (Lipinski definition) is 2. The molecule has 0 saturated carbocycles. The molecule has 0 aromatic heterocycles. The second-order valence-corrected chi connectivity index (χ2v) is 5.50. The van der Waals surface area contributed by atoms with Crippen LogP contribution in [-0.4, -0.2) is 12.6 Å². The molecule has 1 atom stereocenters. The molecule has 0 heterocycles. The molecule has 2 nitrogen and oxygen atoms in total. The Labute approximate surface area is 123 Å². The topological polar surface area (TPSA) is 26.3 Å². The predicted molar refractivity (Wildman–Crippen MR) is 83.6 cm³/mol. The van der Waals surface area contributed by atoms with E-state index in [1.54, 1.807) is 0 Å².